The monoisotopic (exact) mass is 289 g/mol. The molecular weight excluding hydrogens is 266 g/mol. The van der Waals surface area contributed by atoms with Crippen molar-refractivity contribution in [2.24, 2.45) is 5.41 Å². The van der Waals surface area contributed by atoms with E-state index in [0.29, 0.717) is 19.3 Å². The Morgan fingerprint density at radius 3 is 2.29 bits per heavy atom. The standard InChI is InChI=1S/C17H23NO3/c1-3-17(4-2)11-15(20)18(16(17)21)14(12-19)10-13-8-6-5-7-9-13/h5-9,14,19H,3-4,10-12H2,1-2H3. The highest BCUT2D eigenvalue weighted by molar-refractivity contribution is 6.06. The van der Waals surface area contributed by atoms with Gasteiger partial charge in [0.25, 0.3) is 0 Å². The quantitative estimate of drug-likeness (QED) is 0.816. The van der Waals surface area contributed by atoms with Gasteiger partial charge in [0.2, 0.25) is 11.8 Å². The SMILES string of the molecule is CCC1(CC)CC(=O)N(C(CO)Cc2ccccc2)C1=O. The summed E-state index contributed by atoms with van der Waals surface area (Å²) in [4.78, 5) is 26.3. The highest BCUT2D eigenvalue weighted by atomic mass is 16.3. The lowest BCUT2D eigenvalue weighted by Crippen LogP contribution is -2.45. The third-order valence-corrected chi connectivity index (χ3v) is 4.67. The molecule has 1 heterocycles. The fraction of sp³-hybridized carbons (Fsp3) is 0.529. The first-order valence-electron chi connectivity index (χ1n) is 7.59. The van der Waals surface area contributed by atoms with E-state index >= 15 is 0 Å². The summed E-state index contributed by atoms with van der Waals surface area (Å²) in [6.07, 6.45) is 2.09. The number of hydrogen-bond donors (Lipinski definition) is 1. The molecule has 1 fully saturated rings. The number of amides is 2. The maximum Gasteiger partial charge on any atom is 0.236 e. The number of likely N-dealkylation sites (tertiary alicyclic amines) is 1. The van der Waals surface area contributed by atoms with Crippen LogP contribution in [0.15, 0.2) is 30.3 Å². The van der Waals surface area contributed by atoms with Crippen LogP contribution < -0.4 is 0 Å². The van der Waals surface area contributed by atoms with Gasteiger partial charge in [0.05, 0.1) is 18.1 Å². The van der Waals surface area contributed by atoms with E-state index in [4.69, 9.17) is 0 Å². The predicted molar refractivity (Wildman–Crippen MR) is 80.5 cm³/mol. The normalized spacial score (nSPS) is 19.1. The Kier molecular flexibility index (Phi) is 4.78. The van der Waals surface area contributed by atoms with Gasteiger partial charge in [-0.15, -0.1) is 0 Å². The van der Waals surface area contributed by atoms with Crippen LogP contribution in [0.3, 0.4) is 0 Å². The van der Waals surface area contributed by atoms with E-state index in [0.717, 1.165) is 5.56 Å². The molecule has 0 bridgehead atoms. The van der Waals surface area contributed by atoms with E-state index in [9.17, 15) is 14.7 Å². The molecule has 1 aromatic carbocycles. The lowest BCUT2D eigenvalue weighted by Gasteiger charge is -2.28. The summed E-state index contributed by atoms with van der Waals surface area (Å²) in [5.74, 6) is -0.272. The molecule has 1 aliphatic heterocycles. The van der Waals surface area contributed by atoms with Gasteiger partial charge in [-0.05, 0) is 24.8 Å². The van der Waals surface area contributed by atoms with E-state index in [2.05, 4.69) is 0 Å². The van der Waals surface area contributed by atoms with Crippen LogP contribution in [0.2, 0.25) is 0 Å². The van der Waals surface area contributed by atoms with Crippen LogP contribution in [-0.4, -0.2) is 34.5 Å². The van der Waals surface area contributed by atoms with Crippen molar-refractivity contribution < 1.29 is 14.7 Å². The van der Waals surface area contributed by atoms with Crippen molar-refractivity contribution in [1.82, 2.24) is 4.90 Å². The zero-order valence-corrected chi connectivity index (χ0v) is 12.7. The number of carbonyl (C=O) groups is 2. The average molecular weight is 289 g/mol. The Hall–Kier alpha value is -1.68. The molecule has 4 heteroatoms. The number of nitrogens with zero attached hydrogens (tertiary/aromatic N) is 1. The number of imide groups is 1. The summed E-state index contributed by atoms with van der Waals surface area (Å²) in [7, 11) is 0. The Morgan fingerprint density at radius 2 is 1.81 bits per heavy atom. The molecule has 1 aromatic rings. The number of benzene rings is 1. The van der Waals surface area contributed by atoms with Crippen molar-refractivity contribution in [1.29, 1.82) is 0 Å². The topological polar surface area (TPSA) is 57.6 Å². The number of aliphatic hydroxyl groups excluding tert-OH is 1. The Balaban J connectivity index is 2.22. The van der Waals surface area contributed by atoms with Crippen molar-refractivity contribution >= 4 is 11.8 Å². The fourth-order valence-electron chi connectivity index (χ4n) is 3.11. The molecule has 0 aliphatic carbocycles. The minimum Gasteiger partial charge on any atom is -0.394 e. The summed E-state index contributed by atoms with van der Waals surface area (Å²) in [5.41, 5.74) is 0.448. The highest BCUT2D eigenvalue weighted by Gasteiger charge is 2.50. The first-order valence-corrected chi connectivity index (χ1v) is 7.59. The van der Waals surface area contributed by atoms with Crippen LogP contribution in [0.1, 0.15) is 38.7 Å². The molecule has 4 nitrogen and oxygen atoms in total. The molecule has 2 amide bonds. The average Bonchev–Trinajstić information content (AvgIpc) is 2.77. The molecule has 1 N–H and O–H groups in total. The van der Waals surface area contributed by atoms with Crippen molar-refractivity contribution in [2.45, 2.75) is 45.6 Å². The van der Waals surface area contributed by atoms with Crippen LogP contribution in [0.25, 0.3) is 0 Å². The highest BCUT2D eigenvalue weighted by Crippen LogP contribution is 2.40. The maximum atomic E-state index is 12.7. The molecule has 21 heavy (non-hydrogen) atoms. The molecule has 1 atom stereocenters. The van der Waals surface area contributed by atoms with Crippen LogP contribution in [0.4, 0.5) is 0 Å². The van der Waals surface area contributed by atoms with Crippen molar-refractivity contribution in [2.75, 3.05) is 6.61 Å². The largest absolute Gasteiger partial charge is 0.394 e. The van der Waals surface area contributed by atoms with Gasteiger partial charge >= 0.3 is 0 Å². The predicted octanol–water partition coefficient (Wildman–Crippen LogP) is 2.16. The van der Waals surface area contributed by atoms with E-state index in [1.54, 1.807) is 0 Å². The van der Waals surface area contributed by atoms with Crippen LogP contribution in [0, 0.1) is 5.41 Å². The fourth-order valence-corrected chi connectivity index (χ4v) is 3.11. The number of carbonyl (C=O) groups excluding carboxylic acids is 2. The van der Waals surface area contributed by atoms with Gasteiger partial charge < -0.3 is 5.11 Å². The molecule has 0 aromatic heterocycles. The van der Waals surface area contributed by atoms with Gasteiger partial charge in [-0.3, -0.25) is 14.5 Å². The zero-order chi connectivity index (χ0) is 15.5. The molecule has 0 spiro atoms. The summed E-state index contributed by atoms with van der Waals surface area (Å²) < 4.78 is 0. The van der Waals surface area contributed by atoms with Crippen molar-refractivity contribution in [3.05, 3.63) is 35.9 Å². The van der Waals surface area contributed by atoms with Crippen molar-refractivity contribution in [3.8, 4) is 0 Å². The molecule has 2 rings (SSSR count). The second-order valence-electron chi connectivity index (χ2n) is 5.76. The first-order chi connectivity index (χ1) is 10.1. The lowest BCUT2D eigenvalue weighted by molar-refractivity contribution is -0.145. The summed E-state index contributed by atoms with van der Waals surface area (Å²) in [6.45, 7) is 3.70. The molecule has 0 saturated carbocycles. The van der Waals surface area contributed by atoms with E-state index in [1.165, 1.54) is 4.90 Å². The second-order valence-corrected chi connectivity index (χ2v) is 5.76. The minimum absolute atomic E-state index is 0.118. The summed E-state index contributed by atoms with van der Waals surface area (Å²) >= 11 is 0. The lowest BCUT2D eigenvalue weighted by atomic mass is 9.81. The molecule has 1 aliphatic rings. The molecular formula is C17H23NO3. The number of hydrogen-bond acceptors (Lipinski definition) is 3. The van der Waals surface area contributed by atoms with Gasteiger partial charge in [0.1, 0.15) is 0 Å². The smallest absolute Gasteiger partial charge is 0.236 e. The summed E-state index contributed by atoms with van der Waals surface area (Å²) in [5, 5.41) is 9.65. The molecule has 1 saturated heterocycles. The third kappa shape index (κ3) is 2.86. The van der Waals surface area contributed by atoms with E-state index in [-0.39, 0.29) is 24.8 Å². The van der Waals surface area contributed by atoms with Gasteiger partial charge in [0, 0.05) is 6.42 Å². The van der Waals surface area contributed by atoms with Crippen molar-refractivity contribution in [3.63, 3.8) is 0 Å². The van der Waals surface area contributed by atoms with Gasteiger partial charge in [-0.25, -0.2) is 0 Å². The van der Waals surface area contributed by atoms with E-state index in [1.807, 2.05) is 44.2 Å². The molecule has 0 radical (unpaired) electrons. The molecule has 1 unspecified atom stereocenters. The number of aliphatic hydroxyl groups is 1. The number of rotatable bonds is 6. The Labute approximate surface area is 125 Å². The third-order valence-electron chi connectivity index (χ3n) is 4.67. The Bertz CT molecular complexity index is 508. The Morgan fingerprint density at radius 1 is 1.19 bits per heavy atom. The second kappa shape index (κ2) is 6.39. The van der Waals surface area contributed by atoms with Gasteiger partial charge in [0.15, 0.2) is 0 Å². The summed E-state index contributed by atoms with van der Waals surface area (Å²) in [6, 6.07) is 9.18. The van der Waals surface area contributed by atoms with Crippen LogP contribution in [-0.2, 0) is 16.0 Å². The van der Waals surface area contributed by atoms with Gasteiger partial charge in [-0.2, -0.15) is 0 Å². The van der Waals surface area contributed by atoms with Crippen LogP contribution in [0.5, 0.6) is 0 Å². The van der Waals surface area contributed by atoms with Crippen LogP contribution >= 0.6 is 0 Å². The minimum atomic E-state index is -0.568. The molecule has 114 valence electrons. The first kappa shape index (κ1) is 15.7. The van der Waals surface area contributed by atoms with Gasteiger partial charge in [-0.1, -0.05) is 44.2 Å². The van der Waals surface area contributed by atoms with E-state index < -0.39 is 11.5 Å². The maximum absolute atomic E-state index is 12.7. The zero-order valence-electron chi connectivity index (χ0n) is 12.7.